The van der Waals surface area contributed by atoms with Crippen molar-refractivity contribution in [3.63, 3.8) is 0 Å². The van der Waals surface area contributed by atoms with Crippen LogP contribution in [0.1, 0.15) is 36.4 Å². The van der Waals surface area contributed by atoms with Crippen LogP contribution < -0.4 is 5.73 Å². The van der Waals surface area contributed by atoms with E-state index in [4.69, 9.17) is 17.3 Å². The average molecular weight is 341 g/mol. The molecule has 3 unspecified atom stereocenters. The van der Waals surface area contributed by atoms with Crippen molar-refractivity contribution in [3.05, 3.63) is 64.7 Å². The second-order valence-corrected chi connectivity index (χ2v) is 7.29. The van der Waals surface area contributed by atoms with Crippen LogP contribution in [0.15, 0.2) is 48.5 Å². The minimum Gasteiger partial charge on any atom is -0.399 e. The number of carbonyl (C=O) groups is 1. The third-order valence-corrected chi connectivity index (χ3v) is 5.83. The number of halogens is 1. The summed E-state index contributed by atoms with van der Waals surface area (Å²) < 4.78 is 0. The van der Waals surface area contributed by atoms with Gasteiger partial charge in [-0.2, -0.15) is 0 Å². The van der Waals surface area contributed by atoms with E-state index >= 15 is 0 Å². The maximum atomic E-state index is 12.5. The highest BCUT2D eigenvalue weighted by atomic mass is 35.5. The minimum absolute atomic E-state index is 0.0844. The van der Waals surface area contributed by atoms with Gasteiger partial charge in [0.1, 0.15) is 5.78 Å². The van der Waals surface area contributed by atoms with Crippen molar-refractivity contribution in [2.45, 2.75) is 37.9 Å². The molecular weight excluding hydrogens is 320 g/mol. The van der Waals surface area contributed by atoms with E-state index in [0.29, 0.717) is 18.2 Å². The van der Waals surface area contributed by atoms with Gasteiger partial charge >= 0.3 is 0 Å². The lowest BCUT2D eigenvalue weighted by Crippen LogP contribution is -2.53. The van der Waals surface area contributed by atoms with E-state index in [9.17, 15) is 4.79 Å². The van der Waals surface area contributed by atoms with Crippen molar-refractivity contribution in [1.82, 2.24) is 4.90 Å². The van der Waals surface area contributed by atoms with Crippen LogP contribution in [0.25, 0.3) is 0 Å². The average Bonchev–Trinajstić information content (AvgIpc) is 2.59. The van der Waals surface area contributed by atoms with Gasteiger partial charge in [-0.05, 0) is 42.2 Å². The van der Waals surface area contributed by atoms with Gasteiger partial charge in [-0.1, -0.05) is 41.9 Å². The number of hydrogen-bond donors (Lipinski definition) is 1. The third-order valence-electron chi connectivity index (χ3n) is 5.46. The fourth-order valence-electron chi connectivity index (χ4n) is 4.26. The van der Waals surface area contributed by atoms with Gasteiger partial charge in [0.25, 0.3) is 0 Å². The monoisotopic (exact) mass is 340 g/mol. The standard InChI is InChI=1S/C20H21ClN2O/c21-18-4-2-1-3-14(18)12-23-16-9-10-17(19(24)11-16)20(23)13-5-7-15(22)8-6-13/h1-8,16-17,20H,9-12,22H2. The molecule has 3 fully saturated rings. The van der Waals surface area contributed by atoms with Gasteiger partial charge < -0.3 is 5.73 Å². The lowest BCUT2D eigenvalue weighted by molar-refractivity contribution is -0.138. The Kier molecular flexibility index (Phi) is 4.07. The van der Waals surface area contributed by atoms with Gasteiger partial charge in [0.2, 0.25) is 0 Å². The van der Waals surface area contributed by atoms with Crippen LogP contribution >= 0.6 is 11.6 Å². The zero-order valence-electron chi connectivity index (χ0n) is 13.5. The summed E-state index contributed by atoms with van der Waals surface area (Å²) in [6.07, 6.45) is 2.74. The fraction of sp³-hybridized carbons (Fsp3) is 0.350. The molecule has 2 bridgehead atoms. The third kappa shape index (κ3) is 2.72. The summed E-state index contributed by atoms with van der Waals surface area (Å²) in [6.45, 7) is 0.781. The molecule has 1 aliphatic carbocycles. The number of nitrogen functional groups attached to an aromatic ring is 1. The number of piperidine rings is 2. The minimum atomic E-state index is 0.0844. The number of hydrogen-bond acceptors (Lipinski definition) is 3. The molecular formula is C20H21ClN2O. The number of anilines is 1. The molecule has 2 aromatic rings. The first-order valence-corrected chi connectivity index (χ1v) is 8.88. The maximum Gasteiger partial charge on any atom is 0.139 e. The summed E-state index contributed by atoms with van der Waals surface area (Å²) in [5.41, 5.74) is 8.90. The van der Waals surface area contributed by atoms with Gasteiger partial charge in [0, 0.05) is 41.7 Å². The number of fused-ring (bicyclic) bond motifs is 3. The van der Waals surface area contributed by atoms with Gasteiger partial charge in [-0.25, -0.2) is 0 Å². The second kappa shape index (κ2) is 6.23. The van der Waals surface area contributed by atoms with Crippen molar-refractivity contribution < 1.29 is 4.79 Å². The summed E-state index contributed by atoms with van der Waals surface area (Å²) in [4.78, 5) is 15.0. The van der Waals surface area contributed by atoms with Crippen LogP contribution in [-0.4, -0.2) is 16.7 Å². The number of nitrogens with zero attached hydrogens (tertiary/aromatic N) is 1. The van der Waals surface area contributed by atoms with Gasteiger partial charge in [0.05, 0.1) is 0 Å². The van der Waals surface area contributed by atoms with Gasteiger partial charge in [-0.15, -0.1) is 0 Å². The fourth-order valence-corrected chi connectivity index (χ4v) is 4.46. The van der Waals surface area contributed by atoms with Crippen molar-refractivity contribution >= 4 is 23.1 Å². The highest BCUT2D eigenvalue weighted by Gasteiger charge is 2.47. The van der Waals surface area contributed by atoms with E-state index < -0.39 is 0 Å². The molecule has 124 valence electrons. The Labute approximate surface area is 147 Å². The van der Waals surface area contributed by atoms with E-state index in [0.717, 1.165) is 35.7 Å². The predicted octanol–water partition coefficient (Wildman–Crippen LogP) is 4.22. The summed E-state index contributed by atoms with van der Waals surface area (Å²) in [7, 11) is 0. The molecule has 0 aromatic heterocycles. The molecule has 2 aromatic carbocycles. The van der Waals surface area contributed by atoms with E-state index in [2.05, 4.69) is 23.1 Å². The molecule has 3 aliphatic rings. The molecule has 2 aliphatic heterocycles. The zero-order valence-corrected chi connectivity index (χ0v) is 14.2. The quantitative estimate of drug-likeness (QED) is 0.851. The number of carbonyl (C=O) groups excluding carboxylic acids is 1. The topological polar surface area (TPSA) is 46.3 Å². The number of rotatable bonds is 3. The Balaban J connectivity index is 1.71. The van der Waals surface area contributed by atoms with E-state index in [1.807, 2.05) is 30.3 Å². The smallest absolute Gasteiger partial charge is 0.139 e. The number of ketones is 1. The Morgan fingerprint density at radius 2 is 1.83 bits per heavy atom. The first kappa shape index (κ1) is 15.7. The number of Topliss-reactive ketones (excluding diaryl/α,β-unsaturated/α-hetero) is 1. The van der Waals surface area contributed by atoms with Crippen molar-refractivity contribution in [1.29, 1.82) is 0 Å². The Morgan fingerprint density at radius 1 is 1.08 bits per heavy atom. The molecule has 2 saturated heterocycles. The summed E-state index contributed by atoms with van der Waals surface area (Å²) in [5.74, 6) is 0.490. The molecule has 3 nitrogen and oxygen atoms in total. The lowest BCUT2D eigenvalue weighted by atomic mass is 9.71. The number of benzene rings is 2. The zero-order chi connectivity index (χ0) is 16.7. The maximum absolute atomic E-state index is 12.5. The van der Waals surface area contributed by atoms with Crippen molar-refractivity contribution in [3.8, 4) is 0 Å². The normalized spacial score (nSPS) is 26.7. The van der Waals surface area contributed by atoms with Crippen molar-refractivity contribution in [2.24, 2.45) is 5.92 Å². The summed E-state index contributed by atoms with van der Waals surface area (Å²) >= 11 is 6.38. The van der Waals surface area contributed by atoms with E-state index in [-0.39, 0.29) is 12.0 Å². The molecule has 3 atom stereocenters. The molecule has 1 saturated carbocycles. The molecule has 2 N–H and O–H groups in total. The lowest BCUT2D eigenvalue weighted by Gasteiger charge is -2.51. The Morgan fingerprint density at radius 3 is 2.54 bits per heavy atom. The van der Waals surface area contributed by atoms with Crippen molar-refractivity contribution in [2.75, 3.05) is 5.73 Å². The highest BCUT2D eigenvalue weighted by Crippen LogP contribution is 2.46. The van der Waals surface area contributed by atoms with Gasteiger partial charge in [0.15, 0.2) is 0 Å². The largest absolute Gasteiger partial charge is 0.399 e. The molecule has 4 heteroatoms. The summed E-state index contributed by atoms with van der Waals surface area (Å²) in [6, 6.07) is 16.4. The first-order valence-electron chi connectivity index (χ1n) is 8.51. The SMILES string of the molecule is Nc1ccc(C2C3CCC(CC3=O)N2Cc2ccccc2Cl)cc1. The van der Waals surface area contributed by atoms with E-state index in [1.165, 1.54) is 5.56 Å². The van der Waals surface area contributed by atoms with Gasteiger partial charge in [-0.3, -0.25) is 9.69 Å². The molecule has 0 amide bonds. The second-order valence-electron chi connectivity index (χ2n) is 6.88. The van der Waals surface area contributed by atoms with E-state index in [1.54, 1.807) is 0 Å². The highest BCUT2D eigenvalue weighted by molar-refractivity contribution is 6.31. The molecule has 2 heterocycles. The molecule has 24 heavy (non-hydrogen) atoms. The molecule has 5 rings (SSSR count). The summed E-state index contributed by atoms with van der Waals surface area (Å²) in [5, 5.41) is 0.793. The Hall–Kier alpha value is -1.84. The first-order chi connectivity index (χ1) is 11.6. The van der Waals surface area contributed by atoms with Crippen LogP contribution in [0.2, 0.25) is 5.02 Å². The van der Waals surface area contributed by atoms with Crippen LogP contribution in [0.3, 0.4) is 0 Å². The van der Waals surface area contributed by atoms with Crippen LogP contribution in [0.5, 0.6) is 0 Å². The van der Waals surface area contributed by atoms with Crippen LogP contribution in [0.4, 0.5) is 5.69 Å². The Bertz CT molecular complexity index is 758. The molecule has 0 radical (unpaired) electrons. The number of nitrogens with two attached hydrogens (primary N) is 1. The van der Waals surface area contributed by atoms with Crippen LogP contribution in [0, 0.1) is 5.92 Å². The predicted molar refractivity (Wildman–Crippen MR) is 96.7 cm³/mol. The van der Waals surface area contributed by atoms with Crippen LogP contribution in [-0.2, 0) is 11.3 Å². The molecule has 0 spiro atoms.